The summed E-state index contributed by atoms with van der Waals surface area (Å²) in [4.78, 5) is 35.5. The minimum absolute atomic E-state index is 0.0225. The molecule has 0 aliphatic heterocycles. The lowest BCUT2D eigenvalue weighted by molar-refractivity contribution is -0.137. The number of amides is 2. The normalized spacial score (nSPS) is 13.0. The molecule has 0 saturated carbocycles. The van der Waals surface area contributed by atoms with Crippen LogP contribution in [0.25, 0.3) is 11.1 Å². The highest BCUT2D eigenvalue weighted by molar-refractivity contribution is 5.86. The number of unbranched alkanes of at least 4 members (excludes halogenated alkanes) is 3. The van der Waals surface area contributed by atoms with Gasteiger partial charge < -0.3 is 25.2 Å². The van der Waals surface area contributed by atoms with E-state index in [0.717, 1.165) is 41.5 Å². The molecule has 0 fully saturated rings. The number of nitrogens with one attached hydrogen (secondary N) is 2. The molecule has 0 saturated heterocycles. The molecule has 3 N–H and O–H groups in total. The first-order valence-electron chi connectivity index (χ1n) is 11.6. The molecule has 1 aliphatic carbocycles. The average molecular weight is 469 g/mol. The van der Waals surface area contributed by atoms with Crippen molar-refractivity contribution in [1.29, 1.82) is 0 Å². The molecule has 0 radical (unpaired) electrons. The summed E-state index contributed by atoms with van der Waals surface area (Å²) in [6, 6.07) is 15.3. The van der Waals surface area contributed by atoms with Crippen LogP contribution in [0.15, 0.2) is 48.5 Å². The Bertz CT molecular complexity index is 947. The second-order valence-corrected chi connectivity index (χ2v) is 8.33. The Balaban J connectivity index is 1.47. The maximum Gasteiger partial charge on any atom is 0.407 e. The van der Waals surface area contributed by atoms with Crippen LogP contribution in [-0.2, 0) is 19.1 Å². The fourth-order valence-corrected chi connectivity index (χ4v) is 4.22. The van der Waals surface area contributed by atoms with Gasteiger partial charge in [0.15, 0.2) is 0 Å². The molecule has 0 bridgehead atoms. The molecule has 8 heteroatoms. The van der Waals surface area contributed by atoms with Crippen LogP contribution in [0.1, 0.15) is 49.1 Å². The van der Waals surface area contributed by atoms with Gasteiger partial charge >= 0.3 is 12.1 Å². The van der Waals surface area contributed by atoms with Gasteiger partial charge in [-0.15, -0.1) is 0 Å². The Morgan fingerprint density at radius 2 is 1.56 bits per heavy atom. The van der Waals surface area contributed by atoms with Crippen LogP contribution < -0.4 is 10.6 Å². The third kappa shape index (κ3) is 6.81. The molecule has 182 valence electrons. The summed E-state index contributed by atoms with van der Waals surface area (Å²) in [5.41, 5.74) is 4.52. The molecule has 0 spiro atoms. The van der Waals surface area contributed by atoms with E-state index in [1.165, 1.54) is 7.11 Å². The standard InChI is InChI=1S/C26H32N2O6/c1-33-17-23(25(31)27-15-9-3-2-4-14-24(29)30)28-26(32)34-16-22-20-12-7-5-10-18(20)19-11-6-8-13-21(19)22/h5-8,10-13,22-23H,2-4,9,14-17H2,1H3,(H,27,31)(H,28,32)(H,29,30)/t23-/m0/s1. The van der Waals surface area contributed by atoms with Crippen molar-refractivity contribution in [2.75, 3.05) is 26.9 Å². The topological polar surface area (TPSA) is 114 Å². The zero-order valence-corrected chi connectivity index (χ0v) is 19.4. The predicted molar refractivity (Wildman–Crippen MR) is 128 cm³/mol. The van der Waals surface area contributed by atoms with Crippen LogP contribution in [0.3, 0.4) is 0 Å². The second kappa shape index (κ2) is 12.7. The molecule has 0 aromatic heterocycles. The molecule has 8 nitrogen and oxygen atoms in total. The lowest BCUT2D eigenvalue weighted by atomic mass is 9.98. The number of carboxylic acid groups (broad SMARTS) is 1. The van der Waals surface area contributed by atoms with Gasteiger partial charge in [0.25, 0.3) is 0 Å². The fraction of sp³-hybridized carbons (Fsp3) is 0.423. The lowest BCUT2D eigenvalue weighted by Crippen LogP contribution is -2.49. The van der Waals surface area contributed by atoms with Crippen LogP contribution in [0.2, 0.25) is 0 Å². The van der Waals surface area contributed by atoms with Crippen molar-refractivity contribution in [2.45, 2.75) is 44.1 Å². The zero-order chi connectivity index (χ0) is 24.3. The zero-order valence-electron chi connectivity index (χ0n) is 19.4. The summed E-state index contributed by atoms with van der Waals surface area (Å²) in [5, 5.41) is 14.0. The second-order valence-electron chi connectivity index (χ2n) is 8.33. The van der Waals surface area contributed by atoms with Crippen molar-refractivity contribution in [3.8, 4) is 11.1 Å². The number of hydrogen-bond donors (Lipinski definition) is 3. The van der Waals surface area contributed by atoms with Crippen LogP contribution in [0.5, 0.6) is 0 Å². The quantitative estimate of drug-likeness (QED) is 0.386. The Morgan fingerprint density at radius 1 is 0.941 bits per heavy atom. The third-order valence-corrected chi connectivity index (χ3v) is 5.90. The number of rotatable bonds is 13. The van der Waals surface area contributed by atoms with Crippen LogP contribution in [-0.4, -0.2) is 56.0 Å². The van der Waals surface area contributed by atoms with Crippen molar-refractivity contribution < 1.29 is 29.0 Å². The Hall–Kier alpha value is -3.39. The third-order valence-electron chi connectivity index (χ3n) is 5.90. The molecule has 2 amide bonds. The molecule has 2 aromatic rings. The van der Waals surface area contributed by atoms with Crippen molar-refractivity contribution in [2.24, 2.45) is 0 Å². The maximum absolute atomic E-state index is 12.5. The van der Waals surface area contributed by atoms with Gasteiger partial charge in [0.2, 0.25) is 5.91 Å². The first-order valence-corrected chi connectivity index (χ1v) is 11.6. The molecule has 0 heterocycles. The van der Waals surface area contributed by atoms with E-state index in [2.05, 4.69) is 22.8 Å². The van der Waals surface area contributed by atoms with Gasteiger partial charge in [-0.3, -0.25) is 9.59 Å². The van der Waals surface area contributed by atoms with Crippen molar-refractivity contribution in [1.82, 2.24) is 10.6 Å². The molecule has 0 unspecified atom stereocenters. The lowest BCUT2D eigenvalue weighted by Gasteiger charge is -2.19. The Morgan fingerprint density at radius 3 is 2.18 bits per heavy atom. The minimum atomic E-state index is -0.868. The highest BCUT2D eigenvalue weighted by atomic mass is 16.5. The van der Waals surface area contributed by atoms with Gasteiger partial charge in [0.1, 0.15) is 12.6 Å². The number of carboxylic acids is 1. The van der Waals surface area contributed by atoms with Gasteiger partial charge in [-0.05, 0) is 35.1 Å². The van der Waals surface area contributed by atoms with Gasteiger partial charge in [0, 0.05) is 26.0 Å². The Kier molecular flexibility index (Phi) is 9.46. The van der Waals surface area contributed by atoms with E-state index in [9.17, 15) is 14.4 Å². The summed E-state index contributed by atoms with van der Waals surface area (Å²) in [5.74, 6) is -1.20. The number of carbonyl (C=O) groups excluding carboxylic acids is 2. The summed E-state index contributed by atoms with van der Waals surface area (Å²) < 4.78 is 10.6. The van der Waals surface area contributed by atoms with Crippen molar-refractivity contribution in [3.05, 3.63) is 59.7 Å². The molecular formula is C26H32N2O6. The van der Waals surface area contributed by atoms with E-state index in [-0.39, 0.29) is 31.5 Å². The van der Waals surface area contributed by atoms with Gasteiger partial charge in [-0.2, -0.15) is 0 Å². The number of ether oxygens (including phenoxy) is 2. The minimum Gasteiger partial charge on any atom is -0.481 e. The average Bonchev–Trinajstić information content (AvgIpc) is 3.15. The van der Waals surface area contributed by atoms with E-state index in [1.807, 2.05) is 36.4 Å². The van der Waals surface area contributed by atoms with E-state index in [0.29, 0.717) is 13.0 Å². The van der Waals surface area contributed by atoms with Gasteiger partial charge in [-0.25, -0.2) is 4.79 Å². The number of hydrogen-bond acceptors (Lipinski definition) is 5. The van der Waals surface area contributed by atoms with Crippen LogP contribution in [0.4, 0.5) is 4.79 Å². The number of fused-ring (bicyclic) bond motifs is 3. The molecule has 2 aromatic carbocycles. The van der Waals surface area contributed by atoms with E-state index >= 15 is 0 Å². The van der Waals surface area contributed by atoms with Crippen LogP contribution in [0, 0.1) is 0 Å². The van der Waals surface area contributed by atoms with Crippen LogP contribution >= 0.6 is 0 Å². The number of aliphatic carboxylic acids is 1. The first kappa shape index (κ1) is 25.2. The molecular weight excluding hydrogens is 436 g/mol. The molecule has 34 heavy (non-hydrogen) atoms. The predicted octanol–water partition coefficient (Wildman–Crippen LogP) is 3.69. The summed E-state index contributed by atoms with van der Waals surface area (Å²) in [6.07, 6.45) is 2.46. The number of benzene rings is 2. The number of alkyl carbamates (subject to hydrolysis) is 1. The summed E-state index contributed by atoms with van der Waals surface area (Å²) >= 11 is 0. The van der Waals surface area contributed by atoms with Crippen molar-refractivity contribution >= 4 is 18.0 Å². The van der Waals surface area contributed by atoms with E-state index in [1.54, 1.807) is 0 Å². The van der Waals surface area contributed by atoms with E-state index < -0.39 is 18.1 Å². The number of methoxy groups -OCH3 is 1. The first-order chi connectivity index (χ1) is 16.5. The summed E-state index contributed by atoms with van der Waals surface area (Å²) in [7, 11) is 1.46. The highest BCUT2D eigenvalue weighted by Crippen LogP contribution is 2.44. The summed E-state index contributed by atoms with van der Waals surface area (Å²) in [6.45, 7) is 0.630. The van der Waals surface area contributed by atoms with Crippen molar-refractivity contribution in [3.63, 3.8) is 0 Å². The molecule has 3 rings (SSSR count). The monoisotopic (exact) mass is 468 g/mol. The fourth-order valence-electron chi connectivity index (χ4n) is 4.22. The Labute approximate surface area is 199 Å². The maximum atomic E-state index is 12.5. The molecule has 1 atom stereocenters. The number of carbonyl (C=O) groups is 3. The van der Waals surface area contributed by atoms with Gasteiger partial charge in [0.05, 0.1) is 6.61 Å². The van der Waals surface area contributed by atoms with E-state index in [4.69, 9.17) is 14.6 Å². The SMILES string of the molecule is COC[C@H](NC(=O)OCC1c2ccccc2-c2ccccc21)C(=O)NCCCCCCC(=O)O. The smallest absolute Gasteiger partial charge is 0.407 e. The van der Waals surface area contributed by atoms with Gasteiger partial charge in [-0.1, -0.05) is 61.4 Å². The largest absolute Gasteiger partial charge is 0.481 e. The highest BCUT2D eigenvalue weighted by Gasteiger charge is 2.29. The molecule has 1 aliphatic rings.